The van der Waals surface area contributed by atoms with Gasteiger partial charge in [0.2, 0.25) is 41.0 Å². The van der Waals surface area contributed by atoms with Crippen LogP contribution in [-0.4, -0.2) is 205 Å². The third-order valence-corrected chi connectivity index (χ3v) is 20.4. The van der Waals surface area contributed by atoms with E-state index in [-0.39, 0.29) is 136 Å². The second-order valence-corrected chi connectivity index (χ2v) is 29.1. The number of ether oxygens (including phenoxy) is 2. The van der Waals surface area contributed by atoms with E-state index in [0.717, 1.165) is 41.0 Å². The van der Waals surface area contributed by atoms with Crippen LogP contribution in [0.4, 0.5) is 37.1 Å². The average Bonchev–Trinajstić information content (AvgIpc) is 1.62. The molecular weight excluding hydrogens is 1510 g/mol. The predicted molar refractivity (Wildman–Crippen MR) is 397 cm³/mol. The number of carbonyl (C=O) groups excluding carboxylic acids is 13. The molecule has 0 aliphatic carbocycles. The van der Waals surface area contributed by atoms with Gasteiger partial charge < -0.3 is 95.6 Å². The molecule has 5 atom stereocenters. The van der Waals surface area contributed by atoms with E-state index >= 15 is 0 Å². The van der Waals surface area contributed by atoms with Crippen molar-refractivity contribution in [2.45, 2.75) is 127 Å². The average molecular weight is 1600 g/mol. The summed E-state index contributed by atoms with van der Waals surface area (Å²) in [6.07, 6.45) is -0.351. The maximum absolute atomic E-state index is 14.5. The van der Waals surface area contributed by atoms with Crippen LogP contribution in [0.1, 0.15) is 107 Å². The number of fused-ring (bicyclic) bond motifs is 5. The Morgan fingerprint density at radius 1 is 0.681 bits per heavy atom. The van der Waals surface area contributed by atoms with Crippen LogP contribution in [0.3, 0.4) is 0 Å². The molecule has 9 rings (SSSR count). The fourth-order valence-electron chi connectivity index (χ4n) is 13.1. The summed E-state index contributed by atoms with van der Waals surface area (Å²) in [5.74, 6) is -11.1. The number of nitrogens with zero attached hydrogens (tertiary/aromatic N) is 7. The summed E-state index contributed by atoms with van der Waals surface area (Å²) in [7, 11) is 0.768. The number of urea groups is 3. The number of nitrogens with one attached hydrogen (secondary N) is 8. The smallest absolute Gasteiger partial charge is 0.550 e. The number of carboxylic acids is 2. The Labute approximate surface area is 695 Å². The minimum atomic E-state index is -4.24. The first kappa shape index (κ1) is 89.7. The number of aryl methyl sites for hydroxylation is 1. The molecule has 12 amide bonds. The molecule has 3 aliphatic rings. The molecule has 590 valence electrons. The minimum Gasteiger partial charge on any atom is -0.550 e. The van der Waals surface area contributed by atoms with Gasteiger partial charge in [-0.15, -0.1) is 0 Å². The number of aromatic nitrogens is 2. The topological polar surface area (TPSA) is 468 Å². The summed E-state index contributed by atoms with van der Waals surface area (Å²) in [6.45, 7) is 6.30. The van der Waals surface area contributed by atoms with Gasteiger partial charge in [-0.25, -0.2) is 37.4 Å². The molecule has 6 aromatic rings. The zero-order chi connectivity index (χ0) is 80.9. The number of sulfonamides is 1. The van der Waals surface area contributed by atoms with Crippen molar-refractivity contribution in [3.05, 3.63) is 141 Å². The van der Waals surface area contributed by atoms with Crippen molar-refractivity contribution in [1.29, 1.82) is 0 Å². The van der Waals surface area contributed by atoms with E-state index in [1.165, 1.54) is 101 Å². The number of esters is 2. The molecule has 0 saturated carbocycles. The predicted octanol–water partition coefficient (Wildman–Crippen LogP) is -4.17. The van der Waals surface area contributed by atoms with Crippen molar-refractivity contribution < 1.29 is 150 Å². The molecule has 3 aliphatic heterocycles. The summed E-state index contributed by atoms with van der Waals surface area (Å²) in [6, 6.07) is 18.0. The Kier molecular flexibility index (Phi) is 31.2. The standard InChI is InChI=1S/C75H89N15O20S.2Na/c1-10-29-76-72(104)78-46-19-16-21-48(32-46)111(107,108)84-47-20-15-18-43(31-47)55(34-63(95)96)82-73(105)77-44-25-27-45(28-26-44)79-74(106)88(9)40-62(94)87(8)39-61(93)86(7)38-60(92)85(6)37-59(91)80-56(35-64(97)98)69(101)89-30-17-24-57(89)67(99)83-65(42(4)5)70(102)110-75(12-3)53-33-58-66-51(36-90(58)68(100)52(53)41-109-71(75)103)49(11-2)50-22-13-14-23-54(50)81-66;;/h13-16,18-23,25-28,31-33,42,55-57,65,84H,10-12,17,24,29-30,34-41H2,1-9H3,(H,79,106)(H,80,91)(H,83,99)(H,95,96)(H,97,98)(H2,76,78,104)(H2,77,82,105);;/q;2*+1/p-2/t55-,56+,57+,65+,75+;;/m1../s1. The van der Waals surface area contributed by atoms with Crippen molar-refractivity contribution in [3.8, 4) is 11.4 Å². The number of carbonyl (C=O) groups is 13. The zero-order valence-electron chi connectivity index (χ0n) is 64.5. The first-order valence-corrected chi connectivity index (χ1v) is 37.2. The van der Waals surface area contributed by atoms with Crippen LogP contribution < -0.4 is 117 Å². The van der Waals surface area contributed by atoms with Crippen LogP contribution in [0.2, 0.25) is 0 Å². The van der Waals surface area contributed by atoms with Crippen molar-refractivity contribution in [2.24, 2.45) is 5.92 Å². The fourth-order valence-corrected chi connectivity index (χ4v) is 14.2. The third kappa shape index (κ3) is 21.8. The van der Waals surface area contributed by atoms with E-state index in [0.29, 0.717) is 36.3 Å². The Bertz CT molecular complexity index is 4860. The number of likely N-dealkylation sites (N-methyl/N-ethyl adjacent to an activating group) is 4. The zero-order valence-corrected chi connectivity index (χ0v) is 69.3. The third-order valence-electron chi connectivity index (χ3n) is 19.0. The summed E-state index contributed by atoms with van der Waals surface area (Å²) in [4.78, 5) is 197. The number of rotatable bonds is 31. The van der Waals surface area contributed by atoms with E-state index in [4.69, 9.17) is 14.5 Å². The van der Waals surface area contributed by atoms with Crippen molar-refractivity contribution in [2.75, 3.05) is 88.1 Å². The molecule has 4 aromatic carbocycles. The van der Waals surface area contributed by atoms with E-state index in [1.54, 1.807) is 31.4 Å². The minimum absolute atomic E-state index is 0. The molecule has 8 N–H and O–H groups in total. The normalized spacial score (nSPS) is 15.2. The molecule has 0 bridgehead atoms. The summed E-state index contributed by atoms with van der Waals surface area (Å²) in [5.41, 5.74) is 1.95. The molecule has 2 aromatic heterocycles. The van der Waals surface area contributed by atoms with Crippen LogP contribution in [0, 0.1) is 5.92 Å². The number of carboxylic acid groups (broad SMARTS) is 2. The maximum atomic E-state index is 14.5. The molecule has 5 heterocycles. The summed E-state index contributed by atoms with van der Waals surface area (Å²) >= 11 is 0. The van der Waals surface area contributed by atoms with Crippen molar-refractivity contribution in [1.82, 2.24) is 55.3 Å². The number of anilines is 4. The molecule has 113 heavy (non-hydrogen) atoms. The van der Waals surface area contributed by atoms with Gasteiger partial charge in [0.1, 0.15) is 31.3 Å². The van der Waals surface area contributed by atoms with Crippen LogP contribution in [0.25, 0.3) is 22.3 Å². The van der Waals surface area contributed by atoms with Crippen LogP contribution in [-0.2, 0) is 92.6 Å². The summed E-state index contributed by atoms with van der Waals surface area (Å²) < 4.78 is 42.5. The first-order chi connectivity index (χ1) is 52.6. The quantitative estimate of drug-likeness (QED) is 0.0151. The Morgan fingerprint density at radius 3 is 1.92 bits per heavy atom. The number of hydrogen-bond acceptors (Lipinski definition) is 21. The Hall–Kier alpha value is -10.5. The first-order valence-electron chi connectivity index (χ1n) is 35.7. The number of pyridine rings is 2. The van der Waals surface area contributed by atoms with Gasteiger partial charge in [0, 0.05) is 105 Å². The molecule has 0 spiro atoms. The van der Waals surface area contributed by atoms with Gasteiger partial charge in [-0.2, -0.15) is 0 Å². The van der Waals surface area contributed by atoms with Crippen molar-refractivity contribution in [3.63, 3.8) is 0 Å². The number of hydrogen-bond donors (Lipinski definition) is 8. The molecule has 1 fully saturated rings. The van der Waals surface area contributed by atoms with E-state index in [9.17, 15) is 85.8 Å². The van der Waals surface area contributed by atoms with Gasteiger partial charge in [-0.05, 0) is 116 Å². The monoisotopic (exact) mass is 1600 g/mol. The Balaban J connectivity index is 0.00000885. The maximum Gasteiger partial charge on any atom is 1.00 e. The van der Waals surface area contributed by atoms with Crippen LogP contribution in [0.5, 0.6) is 0 Å². The van der Waals surface area contributed by atoms with E-state index in [2.05, 4.69) is 41.9 Å². The second kappa shape index (κ2) is 39.3. The van der Waals surface area contributed by atoms with Gasteiger partial charge in [-0.1, -0.05) is 71.0 Å². The fraction of sp³-hybridized carbons (Fsp3) is 0.400. The Morgan fingerprint density at radius 2 is 1.29 bits per heavy atom. The van der Waals surface area contributed by atoms with Crippen LogP contribution >= 0.6 is 0 Å². The van der Waals surface area contributed by atoms with Gasteiger partial charge in [-0.3, -0.25) is 38.3 Å². The largest absolute Gasteiger partial charge is 1.00 e. The molecule has 0 radical (unpaired) electrons. The molecule has 1 saturated heterocycles. The van der Waals surface area contributed by atoms with Gasteiger partial charge in [0.05, 0.1) is 59.6 Å². The molecule has 0 unspecified atom stereocenters. The number of likely N-dealkylation sites (tertiary alicyclic amines) is 1. The number of aliphatic carboxylic acids is 2. The van der Waals surface area contributed by atoms with E-state index < -0.39 is 174 Å². The molecule has 38 heteroatoms. The van der Waals surface area contributed by atoms with Crippen LogP contribution in [0.15, 0.2) is 113 Å². The molecule has 35 nitrogen and oxygen atoms in total. The number of benzene rings is 4. The number of cyclic esters (lactones) is 1. The van der Waals surface area contributed by atoms with Gasteiger partial charge in [0.15, 0.2) is 0 Å². The van der Waals surface area contributed by atoms with Crippen molar-refractivity contribution >= 4 is 121 Å². The van der Waals surface area contributed by atoms with Gasteiger partial charge >= 0.3 is 89.1 Å². The second-order valence-electron chi connectivity index (χ2n) is 27.4. The SMILES string of the molecule is CCCNC(=O)Nc1cccc(S(=O)(=O)Nc2cccc([C@@H](CC(=O)[O-])NC(=O)Nc3ccc(NC(=O)N(C)CC(=O)N(C)CC(=O)N(C)CC(=O)N(C)CC(=O)N[C@@H](CC(=O)[O-])C(=O)N4CCC[C@H]4C(=O)N[C@H](C(=O)O[C@]4(CC)C(=O)OCc5c4cc4n(c5=O)Cc5c-4nc4ccccc4c5CC)C(C)C)cc3)c2)c1.[Na+].[Na+]. The van der Waals surface area contributed by atoms with E-state index in [1.807, 2.05) is 38.1 Å². The number of para-hydroxylation sites is 1. The molecular formula is C75H87N15Na2O20S. The summed E-state index contributed by atoms with van der Waals surface area (Å²) in [5, 5.41) is 42.7. The van der Waals surface area contributed by atoms with Gasteiger partial charge in [0.25, 0.3) is 15.6 Å². The number of amides is 12.